The molecule has 0 bridgehead atoms. The minimum atomic E-state index is -4.09. The van der Waals surface area contributed by atoms with Gasteiger partial charge in [0.05, 0.1) is 6.54 Å². The van der Waals surface area contributed by atoms with E-state index in [4.69, 9.17) is 0 Å². The molecular weight excluding hydrogens is 340 g/mol. The quantitative estimate of drug-likeness (QED) is 0.842. The summed E-state index contributed by atoms with van der Waals surface area (Å²) >= 11 is 0. The summed E-state index contributed by atoms with van der Waals surface area (Å²) in [7, 11) is -4.09. The van der Waals surface area contributed by atoms with Crippen LogP contribution in [0, 0.1) is 11.6 Å². The van der Waals surface area contributed by atoms with Gasteiger partial charge in [0.15, 0.2) is 0 Å². The Labute approximate surface area is 140 Å². The fraction of sp³-hybridized carbons (Fsp3) is 0.533. The Kier molecular flexibility index (Phi) is 5.89. The van der Waals surface area contributed by atoms with Gasteiger partial charge in [-0.2, -0.15) is 4.31 Å². The van der Waals surface area contributed by atoms with Crippen molar-refractivity contribution in [2.45, 2.75) is 24.8 Å². The van der Waals surface area contributed by atoms with Gasteiger partial charge in [-0.3, -0.25) is 9.69 Å². The molecule has 1 amide bonds. The van der Waals surface area contributed by atoms with Crippen LogP contribution in [0.25, 0.3) is 0 Å². The molecule has 1 aliphatic heterocycles. The molecular formula is C15H21F2N3O3S. The van der Waals surface area contributed by atoms with Crippen LogP contribution in [0.15, 0.2) is 23.1 Å². The highest BCUT2D eigenvalue weighted by Gasteiger charge is 2.31. The van der Waals surface area contributed by atoms with Crippen molar-refractivity contribution in [3.63, 3.8) is 0 Å². The first-order chi connectivity index (χ1) is 11.2. The Bertz CT molecular complexity index is 702. The third-order valence-electron chi connectivity index (χ3n) is 3.66. The molecule has 1 aromatic carbocycles. The van der Waals surface area contributed by atoms with Crippen molar-refractivity contribution in [2.24, 2.45) is 0 Å². The minimum Gasteiger partial charge on any atom is -0.353 e. The molecule has 24 heavy (non-hydrogen) atoms. The van der Waals surface area contributed by atoms with E-state index in [9.17, 15) is 22.0 Å². The number of sulfonamides is 1. The van der Waals surface area contributed by atoms with E-state index in [1.807, 2.05) is 18.7 Å². The molecule has 1 heterocycles. The summed E-state index contributed by atoms with van der Waals surface area (Å²) in [5, 5.41) is 2.77. The van der Waals surface area contributed by atoms with Gasteiger partial charge in [-0.05, 0) is 32.0 Å². The zero-order valence-electron chi connectivity index (χ0n) is 13.6. The van der Waals surface area contributed by atoms with E-state index in [0.717, 1.165) is 16.4 Å². The lowest BCUT2D eigenvalue weighted by atomic mass is 10.3. The van der Waals surface area contributed by atoms with Gasteiger partial charge in [0.1, 0.15) is 16.5 Å². The average Bonchev–Trinajstić information content (AvgIpc) is 2.49. The Morgan fingerprint density at radius 3 is 2.42 bits per heavy atom. The highest BCUT2D eigenvalue weighted by molar-refractivity contribution is 7.89. The van der Waals surface area contributed by atoms with Gasteiger partial charge in [0.25, 0.3) is 0 Å². The lowest BCUT2D eigenvalue weighted by molar-refractivity contribution is -0.123. The average molecular weight is 361 g/mol. The first-order valence-corrected chi connectivity index (χ1v) is 9.11. The van der Waals surface area contributed by atoms with Gasteiger partial charge in [0.2, 0.25) is 15.9 Å². The number of hydrogen-bond acceptors (Lipinski definition) is 4. The molecule has 9 heteroatoms. The largest absolute Gasteiger partial charge is 0.353 e. The minimum absolute atomic E-state index is 0.0371. The summed E-state index contributed by atoms with van der Waals surface area (Å²) < 4.78 is 53.0. The standard InChI is InChI=1S/C15H21F2N3O3S/c1-11(2)18-15(21)10-19-5-7-20(8-6-19)24(22,23)14-9-12(16)3-4-13(14)17/h3-4,9,11H,5-8,10H2,1-2H3,(H,18,21). The molecule has 0 aromatic heterocycles. The second-order valence-corrected chi connectivity index (χ2v) is 7.88. The molecule has 2 rings (SSSR count). The fourth-order valence-corrected chi connectivity index (χ4v) is 4.01. The second kappa shape index (κ2) is 7.54. The SMILES string of the molecule is CC(C)NC(=O)CN1CCN(S(=O)(=O)c2cc(F)ccc2F)CC1. The molecule has 134 valence electrons. The zero-order valence-corrected chi connectivity index (χ0v) is 14.4. The third kappa shape index (κ3) is 4.49. The van der Waals surface area contributed by atoms with E-state index in [-0.39, 0.29) is 31.6 Å². The summed E-state index contributed by atoms with van der Waals surface area (Å²) in [6.45, 7) is 4.83. The van der Waals surface area contributed by atoms with E-state index < -0.39 is 26.6 Å². The molecule has 0 atom stereocenters. The maximum Gasteiger partial charge on any atom is 0.246 e. The molecule has 0 unspecified atom stereocenters. The van der Waals surface area contributed by atoms with E-state index in [2.05, 4.69) is 5.32 Å². The van der Waals surface area contributed by atoms with Crippen molar-refractivity contribution in [3.8, 4) is 0 Å². The summed E-state index contributed by atoms with van der Waals surface area (Å²) in [6.07, 6.45) is 0. The lowest BCUT2D eigenvalue weighted by Gasteiger charge is -2.33. The van der Waals surface area contributed by atoms with Crippen LogP contribution < -0.4 is 5.32 Å². The van der Waals surface area contributed by atoms with Crippen molar-refractivity contribution < 1.29 is 22.0 Å². The monoisotopic (exact) mass is 361 g/mol. The molecule has 0 saturated carbocycles. The van der Waals surface area contributed by atoms with Crippen LogP contribution in [0.5, 0.6) is 0 Å². The maximum absolute atomic E-state index is 13.8. The van der Waals surface area contributed by atoms with E-state index in [0.29, 0.717) is 19.2 Å². The van der Waals surface area contributed by atoms with Gasteiger partial charge in [0, 0.05) is 32.2 Å². The number of hydrogen-bond donors (Lipinski definition) is 1. The Morgan fingerprint density at radius 1 is 1.21 bits per heavy atom. The van der Waals surface area contributed by atoms with Crippen LogP contribution in [0.1, 0.15) is 13.8 Å². The number of carbonyl (C=O) groups is 1. The van der Waals surface area contributed by atoms with Gasteiger partial charge in [-0.25, -0.2) is 17.2 Å². The molecule has 1 aromatic rings. The van der Waals surface area contributed by atoms with Crippen LogP contribution in [0.4, 0.5) is 8.78 Å². The molecule has 0 spiro atoms. The van der Waals surface area contributed by atoms with E-state index in [1.54, 1.807) is 0 Å². The predicted octanol–water partition coefficient (Wildman–Crippen LogP) is 0.796. The normalized spacial score (nSPS) is 17.2. The van der Waals surface area contributed by atoms with Crippen molar-refractivity contribution in [1.82, 2.24) is 14.5 Å². The number of rotatable bonds is 5. The highest BCUT2D eigenvalue weighted by atomic mass is 32.2. The molecule has 0 radical (unpaired) electrons. The lowest BCUT2D eigenvalue weighted by Crippen LogP contribution is -2.51. The Morgan fingerprint density at radius 2 is 1.83 bits per heavy atom. The first-order valence-electron chi connectivity index (χ1n) is 7.67. The molecule has 6 nitrogen and oxygen atoms in total. The van der Waals surface area contributed by atoms with Gasteiger partial charge in [-0.15, -0.1) is 0 Å². The number of nitrogens with zero attached hydrogens (tertiary/aromatic N) is 2. The van der Waals surface area contributed by atoms with Crippen molar-refractivity contribution >= 4 is 15.9 Å². The molecule has 1 aliphatic rings. The van der Waals surface area contributed by atoms with Crippen molar-refractivity contribution in [3.05, 3.63) is 29.8 Å². The molecule has 1 saturated heterocycles. The number of benzene rings is 1. The van der Waals surface area contributed by atoms with Crippen molar-refractivity contribution in [2.75, 3.05) is 32.7 Å². The zero-order chi connectivity index (χ0) is 17.9. The smallest absolute Gasteiger partial charge is 0.246 e. The Balaban J connectivity index is 2.01. The van der Waals surface area contributed by atoms with Crippen LogP contribution >= 0.6 is 0 Å². The Hall–Kier alpha value is -1.58. The van der Waals surface area contributed by atoms with E-state index >= 15 is 0 Å². The van der Waals surface area contributed by atoms with Gasteiger partial charge >= 0.3 is 0 Å². The van der Waals surface area contributed by atoms with Crippen molar-refractivity contribution in [1.29, 1.82) is 0 Å². The fourth-order valence-electron chi connectivity index (χ4n) is 2.51. The van der Waals surface area contributed by atoms with Crippen LogP contribution in [0.2, 0.25) is 0 Å². The number of amides is 1. The number of nitrogens with one attached hydrogen (secondary N) is 1. The van der Waals surface area contributed by atoms with Crippen LogP contribution in [0.3, 0.4) is 0 Å². The summed E-state index contributed by atoms with van der Waals surface area (Å²) in [6, 6.07) is 2.40. The molecule has 0 aliphatic carbocycles. The van der Waals surface area contributed by atoms with Crippen LogP contribution in [-0.2, 0) is 14.8 Å². The highest BCUT2D eigenvalue weighted by Crippen LogP contribution is 2.21. The summed E-state index contributed by atoms with van der Waals surface area (Å²) in [5.74, 6) is -1.91. The molecule has 1 N–H and O–H groups in total. The maximum atomic E-state index is 13.8. The van der Waals surface area contributed by atoms with Gasteiger partial charge < -0.3 is 5.32 Å². The van der Waals surface area contributed by atoms with Gasteiger partial charge in [-0.1, -0.05) is 0 Å². The topological polar surface area (TPSA) is 69.7 Å². The number of carbonyl (C=O) groups excluding carboxylic acids is 1. The van der Waals surface area contributed by atoms with Crippen LogP contribution in [-0.4, -0.2) is 62.3 Å². The van der Waals surface area contributed by atoms with E-state index in [1.165, 1.54) is 0 Å². The third-order valence-corrected chi connectivity index (χ3v) is 5.57. The summed E-state index contributed by atoms with van der Waals surface area (Å²) in [4.78, 5) is 12.9. The number of halogens is 2. The summed E-state index contributed by atoms with van der Waals surface area (Å²) in [5.41, 5.74) is 0. The predicted molar refractivity (Wildman–Crippen MR) is 84.8 cm³/mol. The number of piperazine rings is 1. The first kappa shape index (κ1) is 18.8. The second-order valence-electron chi connectivity index (χ2n) is 5.98. The molecule has 1 fully saturated rings.